The summed E-state index contributed by atoms with van der Waals surface area (Å²) in [7, 11) is 1.65. The molecule has 0 aliphatic heterocycles. The fraction of sp³-hybridized carbons (Fsp3) is 0.500. The predicted molar refractivity (Wildman–Crippen MR) is 79.8 cm³/mol. The Kier molecular flexibility index (Phi) is 5.35. The number of rotatable bonds is 6. The van der Waals surface area contributed by atoms with E-state index in [1.165, 1.54) is 4.90 Å². The summed E-state index contributed by atoms with van der Waals surface area (Å²) in [6.07, 6.45) is -0.0332. The molecule has 0 bridgehead atoms. The molecule has 5 heteroatoms. The molecule has 0 aromatic heterocycles. The van der Waals surface area contributed by atoms with Crippen LogP contribution >= 0.6 is 0 Å². The first kappa shape index (κ1) is 17.0. The van der Waals surface area contributed by atoms with Crippen molar-refractivity contribution >= 4 is 11.9 Å². The van der Waals surface area contributed by atoms with E-state index in [2.05, 4.69) is 0 Å². The van der Waals surface area contributed by atoms with Crippen molar-refractivity contribution in [3.63, 3.8) is 0 Å². The summed E-state index contributed by atoms with van der Waals surface area (Å²) >= 11 is 0. The molecule has 0 spiro atoms. The van der Waals surface area contributed by atoms with Crippen molar-refractivity contribution in [2.45, 2.75) is 33.7 Å². The minimum absolute atomic E-state index is 0.0332. The average Bonchev–Trinajstić information content (AvgIpc) is 2.40. The Morgan fingerprint density at radius 2 is 1.76 bits per heavy atom. The summed E-state index contributed by atoms with van der Waals surface area (Å²) in [5.74, 6) is -1.13. The number of nitrogens with zero attached hydrogens (tertiary/aromatic N) is 1. The van der Waals surface area contributed by atoms with E-state index in [1.807, 2.05) is 0 Å². The summed E-state index contributed by atoms with van der Waals surface area (Å²) in [6, 6.07) is 6.59. The van der Waals surface area contributed by atoms with Gasteiger partial charge in [-0.25, -0.2) is 0 Å². The third-order valence-corrected chi connectivity index (χ3v) is 4.06. The molecule has 0 aliphatic rings. The van der Waals surface area contributed by atoms with E-state index >= 15 is 0 Å². The molecule has 21 heavy (non-hydrogen) atoms. The van der Waals surface area contributed by atoms with Crippen molar-refractivity contribution in [2.75, 3.05) is 7.05 Å². The minimum Gasteiger partial charge on any atom is -0.508 e. The van der Waals surface area contributed by atoms with Crippen LogP contribution in [-0.4, -0.2) is 34.0 Å². The molecule has 0 saturated carbocycles. The highest BCUT2D eigenvalue weighted by Crippen LogP contribution is 2.32. The van der Waals surface area contributed by atoms with Crippen LogP contribution in [0.2, 0.25) is 0 Å². The first-order valence-electron chi connectivity index (χ1n) is 6.92. The fourth-order valence-corrected chi connectivity index (χ4v) is 1.94. The van der Waals surface area contributed by atoms with Crippen LogP contribution in [0.15, 0.2) is 24.3 Å². The fourth-order valence-electron chi connectivity index (χ4n) is 1.94. The molecule has 1 rings (SSSR count). The van der Waals surface area contributed by atoms with Gasteiger partial charge in [-0.15, -0.1) is 0 Å². The SMILES string of the molecule is CC(C)C(C)(CC(=O)N(C)Cc1ccc(O)cc1)C(=O)O. The lowest BCUT2D eigenvalue weighted by Crippen LogP contribution is -2.39. The number of hydrogen-bond donors (Lipinski definition) is 2. The maximum Gasteiger partial charge on any atom is 0.310 e. The predicted octanol–water partition coefficient (Wildman–Crippen LogP) is 2.49. The Morgan fingerprint density at radius 3 is 2.19 bits per heavy atom. The maximum absolute atomic E-state index is 12.3. The maximum atomic E-state index is 12.3. The number of hydrogen-bond acceptors (Lipinski definition) is 3. The summed E-state index contributed by atoms with van der Waals surface area (Å²) < 4.78 is 0. The molecule has 5 nitrogen and oxygen atoms in total. The van der Waals surface area contributed by atoms with Crippen LogP contribution in [0.1, 0.15) is 32.8 Å². The van der Waals surface area contributed by atoms with E-state index in [4.69, 9.17) is 0 Å². The number of carboxylic acid groups (broad SMARTS) is 1. The van der Waals surface area contributed by atoms with Crippen molar-refractivity contribution < 1.29 is 19.8 Å². The zero-order valence-electron chi connectivity index (χ0n) is 13.0. The van der Waals surface area contributed by atoms with Crippen LogP contribution in [0.4, 0.5) is 0 Å². The Bertz CT molecular complexity index is 510. The first-order chi connectivity index (χ1) is 9.66. The van der Waals surface area contributed by atoms with Crippen LogP contribution in [0, 0.1) is 11.3 Å². The smallest absolute Gasteiger partial charge is 0.310 e. The van der Waals surface area contributed by atoms with E-state index < -0.39 is 11.4 Å². The second-order valence-electron chi connectivity index (χ2n) is 5.97. The number of phenols is 1. The highest BCUT2D eigenvalue weighted by Gasteiger charge is 2.39. The molecule has 1 aromatic carbocycles. The van der Waals surface area contributed by atoms with Crippen LogP contribution < -0.4 is 0 Å². The van der Waals surface area contributed by atoms with Gasteiger partial charge in [-0.2, -0.15) is 0 Å². The van der Waals surface area contributed by atoms with Crippen molar-refractivity contribution in [3.05, 3.63) is 29.8 Å². The average molecular weight is 293 g/mol. The number of carbonyl (C=O) groups is 2. The second-order valence-corrected chi connectivity index (χ2v) is 5.97. The minimum atomic E-state index is -1.07. The van der Waals surface area contributed by atoms with Crippen molar-refractivity contribution in [1.29, 1.82) is 0 Å². The lowest BCUT2D eigenvalue weighted by molar-refractivity contribution is -0.155. The van der Waals surface area contributed by atoms with Crippen LogP contribution in [-0.2, 0) is 16.1 Å². The molecule has 0 heterocycles. The number of benzene rings is 1. The van der Waals surface area contributed by atoms with Gasteiger partial charge in [0.25, 0.3) is 0 Å². The molecule has 2 N–H and O–H groups in total. The molecule has 1 unspecified atom stereocenters. The lowest BCUT2D eigenvalue weighted by Gasteiger charge is -2.30. The number of phenolic OH excluding ortho intramolecular Hbond substituents is 1. The van der Waals surface area contributed by atoms with E-state index in [-0.39, 0.29) is 24.0 Å². The van der Waals surface area contributed by atoms with Gasteiger partial charge in [0.2, 0.25) is 5.91 Å². The number of aromatic hydroxyl groups is 1. The molecule has 0 saturated heterocycles. The van der Waals surface area contributed by atoms with Gasteiger partial charge in [0, 0.05) is 20.0 Å². The molecular formula is C16H23NO4. The van der Waals surface area contributed by atoms with Crippen molar-refractivity contribution in [3.8, 4) is 5.75 Å². The van der Waals surface area contributed by atoms with Crippen LogP contribution in [0.5, 0.6) is 5.75 Å². The van der Waals surface area contributed by atoms with E-state index in [0.29, 0.717) is 6.54 Å². The van der Waals surface area contributed by atoms with Gasteiger partial charge in [-0.05, 0) is 30.5 Å². The third kappa shape index (κ3) is 4.21. The number of amides is 1. The molecule has 116 valence electrons. The van der Waals surface area contributed by atoms with Gasteiger partial charge in [0.05, 0.1) is 5.41 Å². The quantitative estimate of drug-likeness (QED) is 0.844. The van der Waals surface area contributed by atoms with Gasteiger partial charge in [-0.3, -0.25) is 9.59 Å². The van der Waals surface area contributed by atoms with Crippen LogP contribution in [0.25, 0.3) is 0 Å². The first-order valence-corrected chi connectivity index (χ1v) is 6.92. The van der Waals surface area contributed by atoms with E-state index in [9.17, 15) is 19.8 Å². The highest BCUT2D eigenvalue weighted by atomic mass is 16.4. The number of carbonyl (C=O) groups excluding carboxylic acids is 1. The summed E-state index contributed by atoms with van der Waals surface area (Å²) in [5.41, 5.74) is -0.189. The number of carboxylic acids is 1. The molecular weight excluding hydrogens is 270 g/mol. The van der Waals surface area contributed by atoms with Crippen LogP contribution in [0.3, 0.4) is 0 Å². The lowest BCUT2D eigenvalue weighted by atomic mass is 9.76. The Balaban J connectivity index is 2.74. The second kappa shape index (κ2) is 6.61. The summed E-state index contributed by atoms with van der Waals surface area (Å²) in [6.45, 7) is 5.60. The molecule has 0 radical (unpaired) electrons. The Morgan fingerprint density at radius 1 is 1.24 bits per heavy atom. The van der Waals surface area contributed by atoms with E-state index in [0.717, 1.165) is 5.56 Å². The van der Waals surface area contributed by atoms with Gasteiger partial charge in [-0.1, -0.05) is 26.0 Å². The zero-order chi connectivity index (χ0) is 16.2. The zero-order valence-corrected chi connectivity index (χ0v) is 13.0. The normalized spacial score (nSPS) is 13.8. The standard InChI is InChI=1S/C16H23NO4/c1-11(2)16(3,15(20)21)9-14(19)17(4)10-12-5-7-13(18)8-6-12/h5-8,11,18H,9-10H2,1-4H3,(H,20,21). The topological polar surface area (TPSA) is 77.8 Å². The van der Waals surface area contributed by atoms with Crippen molar-refractivity contribution in [1.82, 2.24) is 4.90 Å². The highest BCUT2D eigenvalue weighted by molar-refractivity contribution is 5.84. The largest absolute Gasteiger partial charge is 0.508 e. The van der Waals surface area contributed by atoms with Gasteiger partial charge in [0.1, 0.15) is 5.75 Å². The van der Waals surface area contributed by atoms with Gasteiger partial charge < -0.3 is 15.1 Å². The van der Waals surface area contributed by atoms with Gasteiger partial charge >= 0.3 is 5.97 Å². The monoisotopic (exact) mass is 293 g/mol. The third-order valence-electron chi connectivity index (χ3n) is 4.06. The summed E-state index contributed by atoms with van der Waals surface area (Å²) in [4.78, 5) is 25.2. The summed E-state index contributed by atoms with van der Waals surface area (Å²) in [5, 5.41) is 18.6. The Hall–Kier alpha value is -2.04. The number of aliphatic carboxylic acids is 1. The molecule has 0 aliphatic carbocycles. The molecule has 0 fully saturated rings. The van der Waals surface area contributed by atoms with Gasteiger partial charge in [0.15, 0.2) is 0 Å². The Labute approximate surface area is 125 Å². The molecule has 1 amide bonds. The molecule has 1 atom stereocenters. The van der Waals surface area contributed by atoms with Crippen molar-refractivity contribution in [2.24, 2.45) is 11.3 Å². The van der Waals surface area contributed by atoms with E-state index in [1.54, 1.807) is 52.1 Å². The molecule has 1 aromatic rings.